The number of amides is 2. The Morgan fingerprint density at radius 3 is 2.89 bits per heavy atom. The number of nitrogens with one attached hydrogen (secondary N) is 1. The predicted molar refractivity (Wildman–Crippen MR) is 68.9 cm³/mol. The highest BCUT2D eigenvalue weighted by Gasteiger charge is 2.23. The summed E-state index contributed by atoms with van der Waals surface area (Å²) < 4.78 is 0. The molecule has 1 aromatic heterocycles. The van der Waals surface area contributed by atoms with E-state index in [1.807, 2.05) is 0 Å². The zero-order valence-electron chi connectivity index (χ0n) is 9.21. The topological polar surface area (TPSA) is 86.7 Å². The van der Waals surface area contributed by atoms with Crippen molar-refractivity contribution in [2.75, 3.05) is 23.5 Å². The van der Waals surface area contributed by atoms with Gasteiger partial charge in [-0.25, -0.2) is 4.79 Å². The van der Waals surface area contributed by atoms with Crippen molar-refractivity contribution in [1.29, 1.82) is 0 Å². The summed E-state index contributed by atoms with van der Waals surface area (Å²) in [6, 6.07) is 1.43. The van der Waals surface area contributed by atoms with Gasteiger partial charge >= 0.3 is 5.97 Å². The number of aromatic carboxylic acids is 1. The Hall–Kier alpha value is -1.54. The van der Waals surface area contributed by atoms with Gasteiger partial charge in [0.2, 0.25) is 11.8 Å². The highest BCUT2D eigenvalue weighted by molar-refractivity contribution is 8.00. The number of carboxylic acids is 1. The lowest BCUT2D eigenvalue weighted by atomic mass is 10.3. The van der Waals surface area contributed by atoms with Crippen LogP contribution in [0, 0.1) is 0 Å². The van der Waals surface area contributed by atoms with E-state index < -0.39 is 5.97 Å². The maximum Gasteiger partial charge on any atom is 0.338 e. The van der Waals surface area contributed by atoms with Crippen LogP contribution in [0.1, 0.15) is 10.4 Å². The van der Waals surface area contributed by atoms with Gasteiger partial charge in [-0.1, -0.05) is 0 Å². The zero-order valence-corrected chi connectivity index (χ0v) is 10.8. The van der Waals surface area contributed by atoms with Crippen LogP contribution in [0.25, 0.3) is 0 Å². The maximum absolute atomic E-state index is 11.7. The van der Waals surface area contributed by atoms with Crippen molar-refractivity contribution < 1.29 is 19.5 Å². The Labute approximate surface area is 111 Å². The molecule has 2 N–H and O–H groups in total. The number of carboxylic acid groups (broad SMARTS) is 1. The molecule has 96 valence electrons. The molecule has 1 aromatic rings. The molecular formula is C10H10N2O4S2. The number of hydrogen-bond donors (Lipinski definition) is 2. The molecule has 1 aliphatic heterocycles. The summed E-state index contributed by atoms with van der Waals surface area (Å²) in [6.07, 6.45) is 0. The first-order chi connectivity index (χ1) is 8.58. The van der Waals surface area contributed by atoms with Crippen LogP contribution in [0.2, 0.25) is 0 Å². The van der Waals surface area contributed by atoms with Crippen LogP contribution >= 0.6 is 23.1 Å². The Morgan fingerprint density at radius 1 is 1.50 bits per heavy atom. The van der Waals surface area contributed by atoms with E-state index in [4.69, 9.17) is 5.11 Å². The predicted octanol–water partition coefficient (Wildman–Crippen LogP) is 0.918. The van der Waals surface area contributed by atoms with Crippen LogP contribution < -0.4 is 5.32 Å². The molecule has 2 rings (SSSR count). The number of thioether (sulfide) groups is 1. The fraction of sp³-hybridized carbons (Fsp3) is 0.300. The standard InChI is InChI=1S/C10H10N2O4S2/c13-7(3-12-5-17-4-8(12)14)11-9-6(10(15)16)1-2-18-9/h1-2H,3-5H2,(H,11,13)(H,15,16). The number of thiophene rings is 1. The van der Waals surface area contributed by atoms with Crippen LogP contribution in [0.15, 0.2) is 11.4 Å². The molecule has 0 aliphatic carbocycles. The van der Waals surface area contributed by atoms with Gasteiger partial charge < -0.3 is 15.3 Å². The third-order valence-electron chi connectivity index (χ3n) is 2.31. The van der Waals surface area contributed by atoms with Crippen molar-refractivity contribution in [3.63, 3.8) is 0 Å². The number of carbonyl (C=O) groups excluding carboxylic acids is 2. The number of nitrogens with zero attached hydrogens (tertiary/aromatic N) is 1. The lowest BCUT2D eigenvalue weighted by molar-refractivity contribution is -0.130. The van der Waals surface area contributed by atoms with Crippen molar-refractivity contribution in [3.05, 3.63) is 17.0 Å². The molecule has 0 radical (unpaired) electrons. The molecule has 1 saturated heterocycles. The van der Waals surface area contributed by atoms with Gasteiger partial charge in [0.25, 0.3) is 0 Å². The van der Waals surface area contributed by atoms with Crippen molar-refractivity contribution >= 4 is 45.9 Å². The van der Waals surface area contributed by atoms with Gasteiger partial charge in [0.05, 0.1) is 17.2 Å². The highest BCUT2D eigenvalue weighted by Crippen LogP contribution is 2.23. The number of rotatable bonds is 4. The van der Waals surface area contributed by atoms with Crippen molar-refractivity contribution in [2.45, 2.75) is 0 Å². The average Bonchev–Trinajstić information content (AvgIpc) is 2.89. The number of hydrogen-bond acceptors (Lipinski definition) is 5. The molecule has 0 bridgehead atoms. The molecular weight excluding hydrogens is 276 g/mol. The fourth-order valence-electron chi connectivity index (χ4n) is 1.45. The first-order valence-corrected chi connectivity index (χ1v) is 7.07. The monoisotopic (exact) mass is 286 g/mol. The van der Waals surface area contributed by atoms with Crippen LogP contribution in [0.3, 0.4) is 0 Å². The Balaban J connectivity index is 1.96. The van der Waals surface area contributed by atoms with Gasteiger partial charge in [0.15, 0.2) is 0 Å². The van der Waals surface area contributed by atoms with Gasteiger partial charge in [-0.05, 0) is 11.4 Å². The zero-order chi connectivity index (χ0) is 13.1. The van der Waals surface area contributed by atoms with E-state index in [2.05, 4.69) is 5.32 Å². The largest absolute Gasteiger partial charge is 0.478 e. The van der Waals surface area contributed by atoms with Crippen molar-refractivity contribution in [2.24, 2.45) is 0 Å². The quantitative estimate of drug-likeness (QED) is 0.859. The molecule has 0 saturated carbocycles. The average molecular weight is 286 g/mol. The van der Waals surface area contributed by atoms with Gasteiger partial charge in [-0.2, -0.15) is 0 Å². The van der Waals surface area contributed by atoms with Gasteiger partial charge in [0, 0.05) is 0 Å². The molecule has 6 nitrogen and oxygen atoms in total. The summed E-state index contributed by atoms with van der Waals surface area (Å²) in [5, 5.41) is 13.3. The number of carbonyl (C=O) groups is 3. The molecule has 0 aromatic carbocycles. The van der Waals surface area contributed by atoms with Gasteiger partial charge in [-0.15, -0.1) is 23.1 Å². The second-order valence-corrected chi connectivity index (χ2v) is 5.46. The van der Waals surface area contributed by atoms with Crippen LogP contribution in [-0.2, 0) is 9.59 Å². The van der Waals surface area contributed by atoms with E-state index in [9.17, 15) is 14.4 Å². The Kier molecular flexibility index (Phi) is 3.87. The minimum atomic E-state index is -1.08. The van der Waals surface area contributed by atoms with Crippen LogP contribution in [0.4, 0.5) is 5.00 Å². The van der Waals surface area contributed by atoms with Crippen molar-refractivity contribution in [3.8, 4) is 0 Å². The molecule has 0 atom stereocenters. The molecule has 18 heavy (non-hydrogen) atoms. The third-order valence-corrected chi connectivity index (χ3v) is 4.08. The first kappa shape index (κ1) is 12.9. The summed E-state index contributed by atoms with van der Waals surface area (Å²) in [7, 11) is 0. The summed E-state index contributed by atoms with van der Waals surface area (Å²) >= 11 is 2.60. The lowest BCUT2D eigenvalue weighted by Crippen LogP contribution is -2.34. The summed E-state index contributed by atoms with van der Waals surface area (Å²) in [5.74, 6) is -0.635. The normalized spacial score (nSPS) is 14.9. The summed E-state index contributed by atoms with van der Waals surface area (Å²) in [5.41, 5.74) is 0.0653. The molecule has 1 fully saturated rings. The first-order valence-electron chi connectivity index (χ1n) is 5.04. The third kappa shape index (κ3) is 2.82. The molecule has 0 unspecified atom stereocenters. The lowest BCUT2D eigenvalue weighted by Gasteiger charge is -2.13. The van der Waals surface area contributed by atoms with E-state index in [0.29, 0.717) is 16.6 Å². The Bertz CT molecular complexity index is 500. The summed E-state index contributed by atoms with van der Waals surface area (Å²) in [6.45, 7) is -0.0389. The van der Waals surface area contributed by atoms with Crippen LogP contribution in [-0.4, -0.2) is 46.0 Å². The minimum absolute atomic E-state index is 0.0389. The van der Waals surface area contributed by atoms with Crippen LogP contribution in [0.5, 0.6) is 0 Å². The minimum Gasteiger partial charge on any atom is -0.478 e. The highest BCUT2D eigenvalue weighted by atomic mass is 32.2. The van der Waals surface area contributed by atoms with Crippen molar-refractivity contribution in [1.82, 2.24) is 4.90 Å². The molecule has 8 heteroatoms. The maximum atomic E-state index is 11.7. The van der Waals surface area contributed by atoms with E-state index in [1.54, 1.807) is 5.38 Å². The second-order valence-electron chi connectivity index (χ2n) is 3.59. The number of anilines is 1. The van der Waals surface area contributed by atoms with E-state index in [1.165, 1.54) is 22.7 Å². The smallest absolute Gasteiger partial charge is 0.338 e. The SMILES string of the molecule is O=C(CN1CSCC1=O)Nc1sccc1C(=O)O. The summed E-state index contributed by atoms with van der Waals surface area (Å²) in [4.78, 5) is 35.3. The van der Waals surface area contributed by atoms with E-state index in [-0.39, 0.29) is 23.9 Å². The van der Waals surface area contributed by atoms with E-state index in [0.717, 1.165) is 11.3 Å². The molecule has 1 aliphatic rings. The Morgan fingerprint density at radius 2 is 2.28 bits per heavy atom. The second kappa shape index (κ2) is 5.40. The molecule has 2 heterocycles. The molecule has 0 spiro atoms. The van der Waals surface area contributed by atoms with Gasteiger partial charge in [-0.3, -0.25) is 9.59 Å². The fourth-order valence-corrected chi connectivity index (χ4v) is 3.15. The van der Waals surface area contributed by atoms with Gasteiger partial charge in [0.1, 0.15) is 11.5 Å². The van der Waals surface area contributed by atoms with E-state index >= 15 is 0 Å². The molecule has 2 amide bonds.